The van der Waals surface area contributed by atoms with Gasteiger partial charge in [-0.15, -0.1) is 0 Å². The number of ether oxygens (including phenoxy) is 1. The molecule has 1 unspecified atom stereocenters. The second-order valence-electron chi connectivity index (χ2n) is 1.88. The summed E-state index contributed by atoms with van der Waals surface area (Å²) in [7, 11) is -0.510. The Hall–Kier alpha value is 0.717. The van der Waals surface area contributed by atoms with Gasteiger partial charge >= 0.3 is 0 Å². The number of hydrogen-bond acceptors (Lipinski definition) is 2. The number of rotatable bonds is 4. The van der Waals surface area contributed by atoms with Crippen molar-refractivity contribution in [2.24, 2.45) is 0 Å². The minimum atomic E-state index is -0.629. The molecule has 1 saturated heterocycles. The highest BCUT2D eigenvalue weighted by Gasteiger charge is 2.22. The van der Waals surface area contributed by atoms with E-state index in [4.69, 9.17) is 32.4 Å². The van der Waals surface area contributed by atoms with Crippen LogP contribution in [0.3, 0.4) is 0 Å². The third-order valence-corrected chi connectivity index (χ3v) is 3.21. The molecule has 0 bridgehead atoms. The largest absolute Gasteiger partial charge is 0.397 e. The van der Waals surface area contributed by atoms with E-state index in [2.05, 4.69) is 0 Å². The number of hydrogen-bond donors (Lipinski definition) is 0. The molecule has 1 aliphatic rings. The zero-order valence-electron chi connectivity index (χ0n) is 4.85. The maximum Gasteiger partial charge on any atom is 0.197 e. The normalized spacial score (nSPS) is 26.3. The van der Waals surface area contributed by atoms with E-state index in [0.717, 1.165) is 12.7 Å². The van der Waals surface area contributed by atoms with Crippen LogP contribution in [-0.2, 0) is 9.16 Å². The van der Waals surface area contributed by atoms with Gasteiger partial charge in [0.25, 0.3) is 0 Å². The van der Waals surface area contributed by atoms with Crippen LogP contribution in [0.1, 0.15) is 0 Å². The van der Waals surface area contributed by atoms with E-state index >= 15 is 0 Å². The van der Waals surface area contributed by atoms with Gasteiger partial charge in [0.1, 0.15) is 0 Å². The molecule has 0 amide bonds. The molecule has 1 atom stereocenters. The fraction of sp³-hybridized carbons (Fsp3) is 1.00. The van der Waals surface area contributed by atoms with Crippen molar-refractivity contribution in [3.05, 3.63) is 0 Å². The Morgan fingerprint density at radius 1 is 1.78 bits per heavy atom. The summed E-state index contributed by atoms with van der Waals surface area (Å²) in [6, 6.07) is 1.04. The Balaban J connectivity index is 1.81. The van der Waals surface area contributed by atoms with Crippen LogP contribution in [0.25, 0.3) is 0 Å². The molecule has 5 heteroatoms. The van der Waals surface area contributed by atoms with Gasteiger partial charge in [-0.3, -0.25) is 0 Å². The average Bonchev–Trinajstić information content (AvgIpc) is 2.48. The van der Waals surface area contributed by atoms with Crippen molar-refractivity contribution in [3.8, 4) is 0 Å². The third-order valence-electron chi connectivity index (χ3n) is 1.09. The van der Waals surface area contributed by atoms with Gasteiger partial charge in [-0.2, -0.15) is 0 Å². The smallest absolute Gasteiger partial charge is 0.197 e. The summed E-state index contributed by atoms with van der Waals surface area (Å²) in [5.41, 5.74) is 0. The zero-order chi connectivity index (χ0) is 6.69. The van der Waals surface area contributed by atoms with E-state index in [1.54, 1.807) is 0 Å². The Labute approximate surface area is 66.4 Å². The van der Waals surface area contributed by atoms with Gasteiger partial charge in [0.05, 0.1) is 12.7 Å². The van der Waals surface area contributed by atoms with Gasteiger partial charge in [-0.1, -0.05) is 23.2 Å². The number of halogens is 2. The van der Waals surface area contributed by atoms with Gasteiger partial charge in [0, 0.05) is 0 Å². The molecule has 9 heavy (non-hydrogen) atoms. The first-order valence-corrected chi connectivity index (χ1v) is 5.25. The maximum absolute atomic E-state index is 5.32. The first kappa shape index (κ1) is 7.82. The average molecular weight is 187 g/mol. The van der Waals surface area contributed by atoms with Crippen LogP contribution in [0.2, 0.25) is 6.04 Å². The zero-order valence-corrected chi connectivity index (χ0v) is 7.77. The Morgan fingerprint density at radius 2 is 2.44 bits per heavy atom. The van der Waals surface area contributed by atoms with Crippen molar-refractivity contribution in [2.45, 2.75) is 17.2 Å². The second-order valence-corrected chi connectivity index (χ2v) is 4.21. The highest BCUT2D eigenvalue weighted by molar-refractivity contribution is 6.45. The van der Waals surface area contributed by atoms with E-state index < -0.39 is 14.8 Å². The molecule has 0 saturated carbocycles. The Kier molecular flexibility index (Phi) is 3.29. The molecule has 0 aromatic rings. The molecule has 0 aromatic heterocycles. The van der Waals surface area contributed by atoms with Gasteiger partial charge in [0.2, 0.25) is 0 Å². The quantitative estimate of drug-likeness (QED) is 0.366. The molecule has 1 heterocycles. The lowest BCUT2D eigenvalue weighted by Crippen LogP contribution is -2.04. The maximum atomic E-state index is 5.32. The minimum Gasteiger partial charge on any atom is -0.397 e. The predicted octanol–water partition coefficient (Wildman–Crippen LogP) is 0.665. The molecule has 1 rings (SSSR count). The van der Waals surface area contributed by atoms with Crippen LogP contribution >= 0.6 is 23.2 Å². The molecule has 0 N–H and O–H groups in total. The summed E-state index contributed by atoms with van der Waals surface area (Å²) >= 11 is 10.6. The van der Waals surface area contributed by atoms with Crippen LogP contribution in [0.5, 0.6) is 0 Å². The Morgan fingerprint density at radius 3 is 2.89 bits per heavy atom. The van der Waals surface area contributed by atoms with Crippen LogP contribution in [-0.4, -0.2) is 27.5 Å². The van der Waals surface area contributed by atoms with Crippen molar-refractivity contribution in [2.75, 3.05) is 6.61 Å². The molecule has 2 nitrogen and oxygen atoms in total. The van der Waals surface area contributed by atoms with Crippen LogP contribution in [0.4, 0.5) is 0 Å². The first-order valence-electron chi connectivity index (χ1n) is 2.80. The van der Waals surface area contributed by atoms with Gasteiger partial charge in [-0.25, -0.2) is 0 Å². The topological polar surface area (TPSA) is 21.8 Å². The van der Waals surface area contributed by atoms with Gasteiger partial charge in [-0.05, 0) is 6.04 Å². The molecular weight excluding hydrogens is 179 g/mol. The summed E-state index contributed by atoms with van der Waals surface area (Å²) in [5, 5.41) is -0.629. The lowest BCUT2D eigenvalue weighted by atomic mass is 10.6. The van der Waals surface area contributed by atoms with E-state index in [-0.39, 0.29) is 0 Å². The van der Waals surface area contributed by atoms with E-state index in [0.29, 0.717) is 6.10 Å². The van der Waals surface area contributed by atoms with Crippen LogP contribution < -0.4 is 0 Å². The van der Waals surface area contributed by atoms with Crippen molar-refractivity contribution in [1.82, 2.24) is 0 Å². The summed E-state index contributed by atoms with van der Waals surface area (Å²) in [6.45, 7) is 0.894. The van der Waals surface area contributed by atoms with Crippen molar-refractivity contribution < 1.29 is 9.16 Å². The van der Waals surface area contributed by atoms with E-state index in [9.17, 15) is 0 Å². The highest BCUT2D eigenvalue weighted by atomic mass is 35.5. The number of alkyl halides is 2. The molecule has 1 aliphatic heterocycles. The fourth-order valence-electron chi connectivity index (χ4n) is 0.523. The third kappa shape index (κ3) is 4.17. The first-order chi connectivity index (χ1) is 4.29. The summed E-state index contributed by atoms with van der Waals surface area (Å²) in [4.78, 5) is 0. The van der Waals surface area contributed by atoms with Gasteiger partial charge < -0.3 is 9.16 Å². The van der Waals surface area contributed by atoms with Crippen molar-refractivity contribution in [1.29, 1.82) is 0 Å². The molecule has 0 radical (unpaired) electrons. The number of epoxide rings is 1. The minimum absolute atomic E-state index is 0.462. The van der Waals surface area contributed by atoms with Crippen molar-refractivity contribution in [3.63, 3.8) is 0 Å². The molecule has 54 valence electrons. The predicted molar refractivity (Wildman–Crippen MR) is 39.7 cm³/mol. The van der Waals surface area contributed by atoms with Crippen LogP contribution in [0.15, 0.2) is 0 Å². The standard InChI is InChI=1S/C4H8Cl2O2Si/c5-4(6)8-9-2-3-1-7-3/h3-4H,1-2,9H2. The summed E-state index contributed by atoms with van der Waals surface area (Å²) < 4.78 is 9.94. The molecule has 0 aromatic carbocycles. The van der Waals surface area contributed by atoms with Crippen LogP contribution in [0, 0.1) is 0 Å². The summed E-state index contributed by atoms with van der Waals surface area (Å²) in [5.74, 6) is 0. The lowest BCUT2D eigenvalue weighted by Gasteiger charge is -2.00. The highest BCUT2D eigenvalue weighted by Crippen LogP contribution is 2.14. The Bertz CT molecular complexity index is 84.6. The van der Waals surface area contributed by atoms with E-state index in [1.807, 2.05) is 0 Å². The molecule has 1 fully saturated rings. The van der Waals surface area contributed by atoms with Crippen molar-refractivity contribution >= 4 is 33.0 Å². The molecular formula is C4H8Cl2O2Si. The SMILES string of the molecule is ClC(Cl)O[SiH2]CC1CO1. The van der Waals surface area contributed by atoms with Gasteiger partial charge in [0.15, 0.2) is 14.8 Å². The molecule has 0 aliphatic carbocycles. The fourth-order valence-corrected chi connectivity index (χ4v) is 1.97. The monoisotopic (exact) mass is 186 g/mol. The van der Waals surface area contributed by atoms with E-state index in [1.165, 1.54) is 0 Å². The lowest BCUT2D eigenvalue weighted by molar-refractivity contribution is 0.364. The molecule has 0 spiro atoms. The second kappa shape index (κ2) is 3.78. The summed E-state index contributed by atoms with van der Waals surface area (Å²) in [6.07, 6.45) is 0.462.